The van der Waals surface area contributed by atoms with Crippen molar-refractivity contribution in [2.24, 2.45) is 5.73 Å². The van der Waals surface area contributed by atoms with Gasteiger partial charge in [-0.15, -0.1) is 0 Å². The monoisotopic (exact) mass is 261 g/mol. The summed E-state index contributed by atoms with van der Waals surface area (Å²) in [5.41, 5.74) is 9.01. The minimum Gasteiger partial charge on any atom is -0.496 e. The summed E-state index contributed by atoms with van der Waals surface area (Å²) in [6, 6.07) is 6.76. The maximum Gasteiger partial charge on any atom is 0.122 e. The van der Waals surface area contributed by atoms with Gasteiger partial charge in [-0.05, 0) is 54.8 Å². The first-order valence-corrected chi connectivity index (χ1v) is 7.63. The van der Waals surface area contributed by atoms with Crippen molar-refractivity contribution in [1.82, 2.24) is 0 Å². The molecule has 1 fully saturated rings. The minimum atomic E-state index is 0.323. The summed E-state index contributed by atoms with van der Waals surface area (Å²) in [5.74, 6) is 1.02. The third kappa shape index (κ3) is 2.94. The van der Waals surface area contributed by atoms with Gasteiger partial charge in [0, 0.05) is 0 Å². The van der Waals surface area contributed by atoms with Crippen molar-refractivity contribution in [3.63, 3.8) is 0 Å². The van der Waals surface area contributed by atoms with Crippen molar-refractivity contribution in [3.05, 3.63) is 29.3 Å². The van der Waals surface area contributed by atoms with E-state index in [1.807, 2.05) is 0 Å². The molecule has 0 aliphatic heterocycles. The zero-order valence-electron chi connectivity index (χ0n) is 12.4. The van der Waals surface area contributed by atoms with Crippen molar-refractivity contribution in [3.8, 4) is 5.75 Å². The number of hydrogen-bond donors (Lipinski definition) is 1. The Bertz CT molecular complexity index is 402. The van der Waals surface area contributed by atoms with Gasteiger partial charge in [-0.2, -0.15) is 0 Å². The van der Waals surface area contributed by atoms with Gasteiger partial charge in [-0.3, -0.25) is 0 Å². The highest BCUT2D eigenvalue weighted by atomic mass is 16.5. The zero-order valence-corrected chi connectivity index (χ0v) is 12.4. The molecule has 0 aromatic heterocycles. The number of benzene rings is 1. The van der Waals surface area contributed by atoms with Crippen LogP contribution in [0, 0.1) is 0 Å². The molecule has 1 aromatic carbocycles. The highest BCUT2D eigenvalue weighted by Crippen LogP contribution is 2.43. The number of hydrogen-bond acceptors (Lipinski definition) is 2. The fourth-order valence-electron chi connectivity index (χ4n) is 3.57. The smallest absolute Gasteiger partial charge is 0.122 e. The van der Waals surface area contributed by atoms with Crippen LogP contribution in [-0.4, -0.2) is 13.7 Å². The van der Waals surface area contributed by atoms with Crippen LogP contribution >= 0.6 is 0 Å². The largest absolute Gasteiger partial charge is 0.496 e. The van der Waals surface area contributed by atoms with Gasteiger partial charge in [-0.25, -0.2) is 0 Å². The Labute approximate surface area is 117 Å². The van der Waals surface area contributed by atoms with Crippen LogP contribution in [-0.2, 0) is 11.8 Å². The first-order chi connectivity index (χ1) is 9.25. The molecule has 1 aliphatic rings. The van der Waals surface area contributed by atoms with Crippen molar-refractivity contribution in [2.75, 3.05) is 13.7 Å². The molecule has 0 spiro atoms. The summed E-state index contributed by atoms with van der Waals surface area (Å²) in [6.45, 7) is 2.98. The molecule has 2 nitrogen and oxygen atoms in total. The third-order valence-corrected chi connectivity index (χ3v) is 4.71. The van der Waals surface area contributed by atoms with Gasteiger partial charge in [0.15, 0.2) is 0 Å². The van der Waals surface area contributed by atoms with Crippen LogP contribution in [0.4, 0.5) is 0 Å². The normalized spacial score (nSPS) is 18.3. The van der Waals surface area contributed by atoms with Crippen molar-refractivity contribution in [1.29, 1.82) is 0 Å². The molecule has 0 saturated heterocycles. The Kier molecular flexibility index (Phi) is 4.87. The number of ether oxygens (including phenoxy) is 1. The van der Waals surface area contributed by atoms with Crippen LogP contribution in [0.15, 0.2) is 18.2 Å². The quantitative estimate of drug-likeness (QED) is 0.874. The minimum absolute atomic E-state index is 0.323. The summed E-state index contributed by atoms with van der Waals surface area (Å²) >= 11 is 0. The number of nitrogens with two attached hydrogens (primary N) is 1. The van der Waals surface area contributed by atoms with Crippen LogP contribution in [0.5, 0.6) is 5.75 Å². The van der Waals surface area contributed by atoms with Gasteiger partial charge in [0.2, 0.25) is 0 Å². The molecule has 0 heterocycles. The standard InChI is InChI=1S/C17H27NO/c1-3-14-13-15(7-8-16(14)19-2)17(11-12-18)9-5-4-6-10-17/h7-8,13H,3-6,9-12,18H2,1-2H3. The molecule has 0 amide bonds. The Morgan fingerprint density at radius 2 is 1.95 bits per heavy atom. The Morgan fingerprint density at radius 3 is 2.53 bits per heavy atom. The molecule has 0 radical (unpaired) electrons. The highest BCUT2D eigenvalue weighted by molar-refractivity contribution is 5.40. The van der Waals surface area contributed by atoms with E-state index in [2.05, 4.69) is 25.1 Å². The first-order valence-electron chi connectivity index (χ1n) is 7.63. The van der Waals surface area contributed by atoms with E-state index in [0.29, 0.717) is 5.41 Å². The van der Waals surface area contributed by atoms with E-state index in [1.54, 1.807) is 7.11 Å². The zero-order chi connectivity index (χ0) is 13.7. The molecule has 0 bridgehead atoms. The molecule has 106 valence electrons. The lowest BCUT2D eigenvalue weighted by molar-refractivity contribution is 0.277. The SMILES string of the molecule is CCc1cc(C2(CCN)CCCCC2)ccc1OC. The first kappa shape index (κ1) is 14.4. The molecule has 2 heteroatoms. The predicted molar refractivity (Wildman–Crippen MR) is 80.8 cm³/mol. The van der Waals surface area contributed by atoms with Gasteiger partial charge in [-0.1, -0.05) is 38.3 Å². The molecule has 2 N–H and O–H groups in total. The van der Waals surface area contributed by atoms with Crippen LogP contribution in [0.1, 0.15) is 56.6 Å². The highest BCUT2D eigenvalue weighted by Gasteiger charge is 2.33. The van der Waals surface area contributed by atoms with Crippen molar-refractivity contribution < 1.29 is 4.74 Å². The van der Waals surface area contributed by atoms with Crippen molar-refractivity contribution >= 4 is 0 Å². The Morgan fingerprint density at radius 1 is 1.21 bits per heavy atom. The molecule has 0 atom stereocenters. The van der Waals surface area contributed by atoms with E-state index in [0.717, 1.165) is 25.1 Å². The summed E-state index contributed by atoms with van der Waals surface area (Å²) in [7, 11) is 1.75. The Hall–Kier alpha value is -1.02. The number of rotatable bonds is 5. The molecule has 0 unspecified atom stereocenters. The predicted octanol–water partition coefficient (Wildman–Crippen LogP) is 3.81. The number of methoxy groups -OCH3 is 1. The maximum absolute atomic E-state index is 5.88. The fraction of sp³-hybridized carbons (Fsp3) is 0.647. The molecule has 19 heavy (non-hydrogen) atoms. The summed E-state index contributed by atoms with van der Waals surface area (Å²) in [6.07, 6.45) is 8.78. The van der Waals surface area contributed by atoms with Crippen LogP contribution < -0.4 is 10.5 Å². The second-order valence-electron chi connectivity index (χ2n) is 5.76. The van der Waals surface area contributed by atoms with E-state index >= 15 is 0 Å². The lowest BCUT2D eigenvalue weighted by Gasteiger charge is -2.38. The van der Waals surface area contributed by atoms with E-state index in [9.17, 15) is 0 Å². The molecular formula is C17H27NO. The fourth-order valence-corrected chi connectivity index (χ4v) is 3.57. The van der Waals surface area contributed by atoms with Crippen LogP contribution in [0.2, 0.25) is 0 Å². The lowest BCUT2D eigenvalue weighted by Crippen LogP contribution is -2.31. The maximum atomic E-state index is 5.88. The summed E-state index contributed by atoms with van der Waals surface area (Å²) in [5, 5.41) is 0. The van der Waals surface area contributed by atoms with Crippen LogP contribution in [0.3, 0.4) is 0 Å². The van der Waals surface area contributed by atoms with Gasteiger partial charge < -0.3 is 10.5 Å². The van der Waals surface area contributed by atoms with Gasteiger partial charge in [0.1, 0.15) is 5.75 Å². The second-order valence-corrected chi connectivity index (χ2v) is 5.76. The number of aryl methyl sites for hydroxylation is 1. The average Bonchev–Trinajstić information content (AvgIpc) is 2.47. The van der Waals surface area contributed by atoms with Crippen LogP contribution in [0.25, 0.3) is 0 Å². The topological polar surface area (TPSA) is 35.2 Å². The average molecular weight is 261 g/mol. The van der Waals surface area contributed by atoms with E-state index in [-0.39, 0.29) is 0 Å². The molecule has 2 rings (SSSR count). The molecule has 1 aliphatic carbocycles. The van der Waals surface area contributed by atoms with Gasteiger partial charge in [0.05, 0.1) is 7.11 Å². The van der Waals surface area contributed by atoms with Gasteiger partial charge in [0.25, 0.3) is 0 Å². The summed E-state index contributed by atoms with van der Waals surface area (Å²) in [4.78, 5) is 0. The molecule has 1 saturated carbocycles. The van der Waals surface area contributed by atoms with E-state index < -0.39 is 0 Å². The van der Waals surface area contributed by atoms with Gasteiger partial charge >= 0.3 is 0 Å². The molecular weight excluding hydrogens is 234 g/mol. The second kappa shape index (κ2) is 6.42. The molecule has 1 aromatic rings. The summed E-state index contributed by atoms with van der Waals surface area (Å²) < 4.78 is 5.45. The lowest BCUT2D eigenvalue weighted by atomic mass is 9.67. The Balaban J connectivity index is 2.36. The van der Waals surface area contributed by atoms with Crippen molar-refractivity contribution in [2.45, 2.75) is 57.3 Å². The van der Waals surface area contributed by atoms with E-state index in [1.165, 1.54) is 43.2 Å². The van der Waals surface area contributed by atoms with E-state index in [4.69, 9.17) is 10.5 Å². The third-order valence-electron chi connectivity index (χ3n) is 4.71.